The van der Waals surface area contributed by atoms with E-state index in [0.717, 1.165) is 16.8 Å². The largest absolute Gasteiger partial charge is 0.386 e. The van der Waals surface area contributed by atoms with E-state index < -0.39 is 11.9 Å². The zero-order valence-electron chi connectivity index (χ0n) is 9.35. The van der Waals surface area contributed by atoms with Crippen LogP contribution < -0.4 is 0 Å². The normalized spacial score (nSPS) is 9.33. The Morgan fingerprint density at radius 1 is 1.06 bits per heavy atom. The topological polar surface area (TPSA) is 43.4 Å². The second-order valence-electron chi connectivity index (χ2n) is 3.44. The summed E-state index contributed by atoms with van der Waals surface area (Å²) in [4.78, 5) is 22.7. The predicted molar refractivity (Wildman–Crippen MR) is 64.6 cm³/mol. The Hall–Kier alpha value is -1.90. The van der Waals surface area contributed by atoms with Crippen molar-refractivity contribution < 1.29 is 31.4 Å². The van der Waals surface area contributed by atoms with E-state index in [4.69, 9.17) is 0 Å². The molecule has 0 aliphatic carbocycles. The smallest absolute Gasteiger partial charge is 0.346 e. The molecule has 0 bridgehead atoms. The number of carbonyl (C=O) groups excluding carboxylic acids is 2. The molecule has 2 aromatic carbocycles. The third-order valence-corrected chi connectivity index (χ3v) is 2.37. The monoisotopic (exact) mass is 289 g/mol. The molecule has 18 heavy (non-hydrogen) atoms. The maximum Gasteiger partial charge on any atom is 0.346 e. The number of benzene rings is 2. The van der Waals surface area contributed by atoms with Gasteiger partial charge in [-0.05, 0) is 16.8 Å². The average Bonchev–Trinajstić information content (AvgIpc) is 2.37. The number of esters is 2. The van der Waals surface area contributed by atoms with E-state index in [9.17, 15) is 9.59 Å². The zero-order chi connectivity index (χ0) is 12.3. The third kappa shape index (κ3) is 2.86. The first kappa shape index (κ1) is 14.2. The van der Waals surface area contributed by atoms with Crippen molar-refractivity contribution in [2.45, 2.75) is 0 Å². The minimum absolute atomic E-state index is 0. The minimum atomic E-state index is -0.747. The molecule has 0 saturated carbocycles. The van der Waals surface area contributed by atoms with Gasteiger partial charge in [-0.25, -0.2) is 9.59 Å². The summed E-state index contributed by atoms with van der Waals surface area (Å²) in [6, 6.07) is 12.7. The van der Waals surface area contributed by atoms with E-state index >= 15 is 0 Å². The van der Waals surface area contributed by atoms with Gasteiger partial charge in [0, 0.05) is 23.1 Å². The van der Waals surface area contributed by atoms with Gasteiger partial charge >= 0.3 is 11.9 Å². The van der Waals surface area contributed by atoms with E-state index in [1.165, 1.54) is 0 Å². The molecule has 0 atom stereocenters. The molecule has 1 radical (unpaired) electrons. The van der Waals surface area contributed by atoms with Crippen molar-refractivity contribution in [3.63, 3.8) is 0 Å². The van der Waals surface area contributed by atoms with Crippen LogP contribution in [0.3, 0.4) is 0 Å². The first-order valence-corrected chi connectivity index (χ1v) is 5.08. The summed E-state index contributed by atoms with van der Waals surface area (Å²) in [5.74, 6) is -1.41. The van der Waals surface area contributed by atoms with Crippen molar-refractivity contribution in [3.05, 3.63) is 60.7 Å². The number of ether oxygens (including phenoxy) is 1. The maximum absolute atomic E-state index is 11.7. The van der Waals surface area contributed by atoms with E-state index in [-0.39, 0.29) is 17.1 Å². The molecule has 0 aliphatic rings. The Labute approximate surface area is 115 Å². The molecule has 0 aromatic heterocycles. The van der Waals surface area contributed by atoms with Gasteiger partial charge in [-0.2, -0.15) is 0 Å². The minimum Gasteiger partial charge on any atom is -0.386 e. The molecule has 0 heterocycles. The summed E-state index contributed by atoms with van der Waals surface area (Å²) in [6.07, 6.45) is 0.961. The first-order chi connectivity index (χ1) is 8.22. The van der Waals surface area contributed by atoms with Crippen molar-refractivity contribution in [1.82, 2.24) is 0 Å². The standard InChI is InChI=1S/C14H10O3.Cu/c1-2-13(15)17-14(16)12-9-5-7-10-6-3-4-8-11(10)12;/h2-9H,1H2;. The summed E-state index contributed by atoms with van der Waals surface area (Å²) in [7, 11) is 0. The average molecular weight is 290 g/mol. The van der Waals surface area contributed by atoms with Crippen molar-refractivity contribution >= 4 is 22.7 Å². The first-order valence-electron chi connectivity index (χ1n) is 5.08. The van der Waals surface area contributed by atoms with Crippen LogP contribution >= 0.6 is 0 Å². The van der Waals surface area contributed by atoms with Crippen LogP contribution in [0.5, 0.6) is 0 Å². The number of hydrogen-bond donors (Lipinski definition) is 0. The van der Waals surface area contributed by atoms with Crippen LogP contribution in [0.4, 0.5) is 0 Å². The van der Waals surface area contributed by atoms with Crippen LogP contribution in [0.15, 0.2) is 55.1 Å². The van der Waals surface area contributed by atoms with E-state index in [1.54, 1.807) is 12.1 Å². The van der Waals surface area contributed by atoms with E-state index in [0.29, 0.717) is 5.56 Å². The summed E-state index contributed by atoms with van der Waals surface area (Å²) in [5.41, 5.74) is 0.373. The van der Waals surface area contributed by atoms with Gasteiger partial charge in [0.05, 0.1) is 5.56 Å². The van der Waals surface area contributed by atoms with Gasteiger partial charge in [0.2, 0.25) is 0 Å². The molecule has 3 nitrogen and oxygen atoms in total. The van der Waals surface area contributed by atoms with Crippen molar-refractivity contribution in [1.29, 1.82) is 0 Å². The Morgan fingerprint density at radius 3 is 2.44 bits per heavy atom. The Bertz CT molecular complexity index is 600. The van der Waals surface area contributed by atoms with Gasteiger partial charge in [0.15, 0.2) is 0 Å². The molecule has 0 fully saturated rings. The van der Waals surface area contributed by atoms with Gasteiger partial charge < -0.3 is 4.74 Å². The fourth-order valence-corrected chi connectivity index (χ4v) is 1.59. The molecule has 0 saturated heterocycles. The van der Waals surface area contributed by atoms with Crippen LogP contribution in [-0.2, 0) is 26.6 Å². The number of fused-ring (bicyclic) bond motifs is 1. The number of rotatable bonds is 2. The summed E-state index contributed by atoms with van der Waals surface area (Å²) in [6.45, 7) is 3.24. The van der Waals surface area contributed by atoms with Crippen LogP contribution in [-0.4, -0.2) is 11.9 Å². The fourth-order valence-electron chi connectivity index (χ4n) is 1.59. The van der Waals surface area contributed by atoms with E-state index in [1.807, 2.05) is 30.3 Å². The third-order valence-electron chi connectivity index (χ3n) is 2.37. The van der Waals surface area contributed by atoms with Crippen LogP contribution in [0.1, 0.15) is 10.4 Å². The predicted octanol–water partition coefficient (Wildman–Crippen LogP) is 2.71. The van der Waals surface area contributed by atoms with E-state index in [2.05, 4.69) is 11.3 Å². The second kappa shape index (κ2) is 6.15. The number of carbonyl (C=O) groups is 2. The van der Waals surface area contributed by atoms with Crippen LogP contribution in [0.25, 0.3) is 10.8 Å². The summed E-state index contributed by atoms with van der Waals surface area (Å²) in [5, 5.41) is 1.69. The zero-order valence-corrected chi connectivity index (χ0v) is 10.3. The molecule has 0 N–H and O–H groups in total. The molecule has 2 rings (SSSR count). The Morgan fingerprint density at radius 2 is 1.72 bits per heavy atom. The van der Waals surface area contributed by atoms with Gasteiger partial charge in [-0.3, -0.25) is 0 Å². The molecule has 95 valence electrons. The van der Waals surface area contributed by atoms with Crippen molar-refractivity contribution in [2.24, 2.45) is 0 Å². The van der Waals surface area contributed by atoms with Crippen molar-refractivity contribution in [3.8, 4) is 0 Å². The van der Waals surface area contributed by atoms with Gasteiger partial charge in [0.1, 0.15) is 0 Å². The number of hydrogen-bond acceptors (Lipinski definition) is 3. The second-order valence-corrected chi connectivity index (χ2v) is 3.44. The van der Waals surface area contributed by atoms with Crippen LogP contribution in [0, 0.1) is 0 Å². The molecule has 0 unspecified atom stereocenters. The van der Waals surface area contributed by atoms with Crippen LogP contribution in [0.2, 0.25) is 0 Å². The quantitative estimate of drug-likeness (QED) is 0.369. The Kier molecular flexibility index (Phi) is 4.84. The fraction of sp³-hybridized carbons (Fsp3) is 0. The van der Waals surface area contributed by atoms with Gasteiger partial charge in [0.25, 0.3) is 0 Å². The molecular formula is C14H10CuO3. The Balaban J connectivity index is 0.00000162. The van der Waals surface area contributed by atoms with Gasteiger partial charge in [-0.1, -0.05) is 43.0 Å². The summed E-state index contributed by atoms with van der Waals surface area (Å²) >= 11 is 0. The molecule has 0 aliphatic heterocycles. The molecule has 0 amide bonds. The molecule has 4 heteroatoms. The molecular weight excluding hydrogens is 280 g/mol. The molecule has 2 aromatic rings. The summed E-state index contributed by atoms with van der Waals surface area (Å²) < 4.78 is 4.60. The SMILES string of the molecule is C=CC(=O)OC(=O)c1cccc2ccccc12.[Cu]. The van der Waals surface area contributed by atoms with Gasteiger partial charge in [-0.15, -0.1) is 0 Å². The van der Waals surface area contributed by atoms with Crippen molar-refractivity contribution in [2.75, 3.05) is 0 Å². The molecule has 0 spiro atoms. The maximum atomic E-state index is 11.7.